The fourth-order valence-corrected chi connectivity index (χ4v) is 4.34. The highest BCUT2D eigenvalue weighted by Gasteiger charge is 2.38. The number of phenols is 1. The van der Waals surface area contributed by atoms with Crippen LogP contribution in [-0.4, -0.2) is 22.8 Å². The molecule has 162 valence electrons. The third kappa shape index (κ3) is 4.48. The highest BCUT2D eigenvalue weighted by atomic mass is 16.5. The molecule has 0 atom stereocenters. The Kier molecular flexibility index (Phi) is 6.16. The van der Waals surface area contributed by atoms with Gasteiger partial charge in [-0.25, -0.2) is 0 Å². The molecule has 0 spiro atoms. The topological polar surface area (TPSA) is 66.8 Å². The van der Waals surface area contributed by atoms with Gasteiger partial charge in [-0.3, -0.25) is 4.79 Å². The summed E-state index contributed by atoms with van der Waals surface area (Å²) in [7, 11) is 0. The van der Waals surface area contributed by atoms with E-state index in [1.54, 1.807) is 12.1 Å². The Morgan fingerprint density at radius 3 is 2.23 bits per heavy atom. The number of hydrogen-bond acceptors (Lipinski definition) is 3. The van der Waals surface area contributed by atoms with Crippen molar-refractivity contribution in [1.82, 2.24) is 0 Å². The summed E-state index contributed by atoms with van der Waals surface area (Å²) in [5.41, 5.74) is 5.19. The first-order valence-corrected chi connectivity index (χ1v) is 10.9. The predicted molar refractivity (Wildman–Crippen MR) is 121 cm³/mol. The molecule has 4 heteroatoms. The molecule has 0 saturated carbocycles. The number of hydrogen-bond donors (Lipinski definition) is 2. The van der Waals surface area contributed by atoms with Gasteiger partial charge in [-0.1, -0.05) is 40.7 Å². The second-order valence-corrected chi connectivity index (χ2v) is 9.76. The zero-order valence-electron chi connectivity index (χ0n) is 18.8. The van der Waals surface area contributed by atoms with Crippen molar-refractivity contribution in [3.05, 3.63) is 47.0 Å². The first-order valence-electron chi connectivity index (χ1n) is 10.9. The number of aromatic hydroxyl groups is 1. The predicted octanol–water partition coefficient (Wildman–Crippen LogP) is 6.21. The first-order chi connectivity index (χ1) is 14.0. The van der Waals surface area contributed by atoms with Crippen molar-refractivity contribution < 1.29 is 19.7 Å². The normalized spacial score (nSPS) is 16.7. The van der Waals surface area contributed by atoms with Gasteiger partial charge in [-0.2, -0.15) is 0 Å². The van der Waals surface area contributed by atoms with E-state index in [-0.39, 0.29) is 23.0 Å². The molecule has 1 aliphatic carbocycles. The van der Waals surface area contributed by atoms with Crippen LogP contribution in [0.3, 0.4) is 0 Å². The van der Waals surface area contributed by atoms with Gasteiger partial charge in [0.2, 0.25) is 0 Å². The first kappa shape index (κ1) is 22.2. The molecule has 0 unspecified atom stereocenters. The van der Waals surface area contributed by atoms with Crippen LogP contribution in [0.4, 0.5) is 0 Å². The largest absolute Gasteiger partial charge is 0.507 e. The quantitative estimate of drug-likeness (QED) is 0.569. The number of rotatable bonds is 7. The molecule has 0 amide bonds. The lowest BCUT2D eigenvalue weighted by Crippen LogP contribution is -2.34. The van der Waals surface area contributed by atoms with E-state index in [4.69, 9.17) is 9.84 Å². The summed E-state index contributed by atoms with van der Waals surface area (Å²) in [5, 5.41) is 19.7. The van der Waals surface area contributed by atoms with Crippen molar-refractivity contribution in [3.63, 3.8) is 0 Å². The van der Waals surface area contributed by atoms with Gasteiger partial charge in [0.25, 0.3) is 0 Å². The smallest absolute Gasteiger partial charge is 0.303 e. The van der Waals surface area contributed by atoms with Crippen molar-refractivity contribution in [3.8, 4) is 22.6 Å². The molecule has 30 heavy (non-hydrogen) atoms. The highest BCUT2D eigenvalue weighted by Crippen LogP contribution is 2.50. The average Bonchev–Trinajstić information content (AvgIpc) is 2.69. The number of carboxylic acid groups (broad SMARTS) is 1. The summed E-state index contributed by atoms with van der Waals surface area (Å²) < 4.78 is 6.16. The maximum absolute atomic E-state index is 11.0. The Morgan fingerprint density at radius 2 is 1.63 bits per heavy atom. The second kappa shape index (κ2) is 8.33. The van der Waals surface area contributed by atoms with Crippen LogP contribution in [-0.2, 0) is 22.0 Å². The number of benzene rings is 2. The van der Waals surface area contributed by atoms with E-state index in [0.29, 0.717) is 18.6 Å². The lowest BCUT2D eigenvalue weighted by Gasteiger charge is -2.42. The molecule has 2 aromatic rings. The Balaban J connectivity index is 2.18. The van der Waals surface area contributed by atoms with Crippen molar-refractivity contribution in [2.75, 3.05) is 6.61 Å². The molecule has 4 nitrogen and oxygen atoms in total. The van der Waals surface area contributed by atoms with E-state index in [2.05, 4.69) is 46.8 Å². The lowest BCUT2D eigenvalue weighted by atomic mass is 9.62. The monoisotopic (exact) mass is 410 g/mol. The van der Waals surface area contributed by atoms with Crippen LogP contribution in [0.1, 0.15) is 77.0 Å². The van der Waals surface area contributed by atoms with Crippen molar-refractivity contribution in [2.24, 2.45) is 0 Å². The highest BCUT2D eigenvalue weighted by molar-refractivity contribution is 5.78. The molecule has 0 saturated heterocycles. The van der Waals surface area contributed by atoms with Gasteiger partial charge in [-0.15, -0.1) is 0 Å². The molecule has 0 fully saturated rings. The van der Waals surface area contributed by atoms with Gasteiger partial charge >= 0.3 is 5.97 Å². The fourth-order valence-electron chi connectivity index (χ4n) is 4.34. The van der Waals surface area contributed by atoms with Gasteiger partial charge in [0.05, 0.1) is 6.61 Å². The molecule has 0 bridgehead atoms. The summed E-state index contributed by atoms with van der Waals surface area (Å²) in [6.45, 7) is 11.8. The van der Waals surface area contributed by atoms with Crippen LogP contribution < -0.4 is 4.74 Å². The van der Waals surface area contributed by atoms with Crippen LogP contribution in [0.25, 0.3) is 11.1 Å². The van der Waals surface area contributed by atoms with Crippen molar-refractivity contribution >= 4 is 5.97 Å². The molecular formula is C26H34O4. The molecule has 2 N–H and O–H groups in total. The van der Waals surface area contributed by atoms with Crippen LogP contribution in [0.15, 0.2) is 30.3 Å². The van der Waals surface area contributed by atoms with Crippen molar-refractivity contribution in [2.45, 2.75) is 77.6 Å². The maximum Gasteiger partial charge on any atom is 0.303 e. The van der Waals surface area contributed by atoms with Crippen LogP contribution >= 0.6 is 0 Å². The van der Waals surface area contributed by atoms with Gasteiger partial charge in [0.1, 0.15) is 11.5 Å². The summed E-state index contributed by atoms with van der Waals surface area (Å²) in [4.78, 5) is 11.0. The van der Waals surface area contributed by atoms with E-state index in [1.807, 2.05) is 6.07 Å². The molecule has 0 aromatic heterocycles. The van der Waals surface area contributed by atoms with Gasteiger partial charge in [0.15, 0.2) is 0 Å². The molecule has 1 aliphatic rings. The molecule has 0 aliphatic heterocycles. The Labute approximate surface area is 179 Å². The van der Waals surface area contributed by atoms with Crippen LogP contribution in [0, 0.1) is 0 Å². The zero-order valence-corrected chi connectivity index (χ0v) is 18.8. The van der Waals surface area contributed by atoms with Gasteiger partial charge in [-0.05, 0) is 77.5 Å². The average molecular weight is 411 g/mol. The molecule has 3 rings (SSSR count). The number of carbonyl (C=O) groups is 1. The van der Waals surface area contributed by atoms with E-state index in [0.717, 1.165) is 36.1 Å². The number of fused-ring (bicyclic) bond motifs is 1. The summed E-state index contributed by atoms with van der Waals surface area (Å²) in [5.74, 6) is 0.143. The lowest BCUT2D eigenvalue weighted by molar-refractivity contribution is -0.136. The maximum atomic E-state index is 11.0. The number of phenolic OH excluding ortho intramolecular Hbond substituents is 1. The zero-order chi connectivity index (χ0) is 22.1. The van der Waals surface area contributed by atoms with Gasteiger partial charge < -0.3 is 14.9 Å². The number of aliphatic carboxylic acids is 1. The Morgan fingerprint density at radius 1 is 1.00 bits per heavy atom. The number of aryl methyl sites for hydroxylation is 1. The molecule has 0 radical (unpaired) electrons. The third-order valence-corrected chi connectivity index (χ3v) is 6.39. The Bertz CT molecular complexity index is 940. The minimum Gasteiger partial charge on any atom is -0.507 e. The van der Waals surface area contributed by atoms with Crippen LogP contribution in [0.5, 0.6) is 11.5 Å². The third-order valence-electron chi connectivity index (χ3n) is 6.39. The number of carboxylic acids is 1. The van der Waals surface area contributed by atoms with E-state index >= 15 is 0 Å². The van der Waals surface area contributed by atoms with E-state index in [9.17, 15) is 9.90 Å². The summed E-state index contributed by atoms with van der Waals surface area (Å²) in [6.07, 6.45) is 3.61. The molecule has 2 aromatic carbocycles. The SMILES string of the molecule is CCCOc1cc2c(cc1-c1cc(CCC(=O)O)ccc1O)C(C)(C)CCC2(C)C. The Hall–Kier alpha value is -2.49. The fraction of sp³-hybridized carbons (Fsp3) is 0.500. The minimum absolute atomic E-state index is 0.0411. The van der Waals surface area contributed by atoms with E-state index < -0.39 is 5.97 Å². The number of ether oxygens (including phenoxy) is 1. The molecular weight excluding hydrogens is 376 g/mol. The van der Waals surface area contributed by atoms with Crippen molar-refractivity contribution in [1.29, 1.82) is 0 Å². The standard InChI is InChI=1S/C26H34O4/c1-6-13-30-23-16-21-20(25(2,3)11-12-26(21,4)5)15-19(23)18-14-17(7-9-22(18)27)8-10-24(28)29/h7,9,14-16,27H,6,8,10-13H2,1-5H3,(H,28,29). The summed E-state index contributed by atoms with van der Waals surface area (Å²) in [6, 6.07) is 9.71. The summed E-state index contributed by atoms with van der Waals surface area (Å²) >= 11 is 0. The second-order valence-electron chi connectivity index (χ2n) is 9.76. The van der Waals surface area contributed by atoms with Gasteiger partial charge in [0, 0.05) is 17.5 Å². The van der Waals surface area contributed by atoms with E-state index in [1.165, 1.54) is 11.1 Å². The molecule has 0 heterocycles. The van der Waals surface area contributed by atoms with Crippen LogP contribution in [0.2, 0.25) is 0 Å². The minimum atomic E-state index is -0.825.